The van der Waals surface area contributed by atoms with E-state index in [-0.39, 0.29) is 0 Å². The number of hydrogen-bond acceptors (Lipinski definition) is 1. The van der Waals surface area contributed by atoms with Gasteiger partial charge in [0.05, 0.1) is 15.6 Å². The zero-order valence-corrected chi connectivity index (χ0v) is 11.6. The van der Waals surface area contributed by atoms with E-state index in [1.54, 1.807) is 6.07 Å². The smallest absolute Gasteiger partial charge is 0.153 e. The predicted octanol–water partition coefficient (Wildman–Crippen LogP) is 5.09. The summed E-state index contributed by atoms with van der Waals surface area (Å²) >= 11 is 12.2. The second kappa shape index (κ2) is 5.13. The number of halogens is 2. The number of carbonyl (C=O) groups excluding carboxylic acids is 1. The molecule has 18 heavy (non-hydrogen) atoms. The van der Waals surface area contributed by atoms with E-state index in [0.717, 1.165) is 11.1 Å². The van der Waals surface area contributed by atoms with E-state index in [9.17, 15) is 4.79 Å². The molecule has 3 heteroatoms. The van der Waals surface area contributed by atoms with Crippen LogP contribution in [0.15, 0.2) is 30.3 Å². The van der Waals surface area contributed by atoms with Crippen molar-refractivity contribution in [1.29, 1.82) is 0 Å². The van der Waals surface area contributed by atoms with Crippen LogP contribution in [0.2, 0.25) is 10.0 Å². The van der Waals surface area contributed by atoms with E-state index in [4.69, 9.17) is 23.2 Å². The molecule has 0 aliphatic heterocycles. The molecule has 0 amide bonds. The Morgan fingerprint density at radius 1 is 1.00 bits per heavy atom. The summed E-state index contributed by atoms with van der Waals surface area (Å²) in [5.74, 6) is 0. The standard InChI is InChI=1S/C15H12Cl2O/c1-9-3-4-11(7-10(9)2)12-5-6-14(16)13(8-18)15(12)17/h3-8H,1-2H3. The fourth-order valence-electron chi connectivity index (χ4n) is 1.81. The Hall–Kier alpha value is -1.31. The van der Waals surface area contributed by atoms with Crippen LogP contribution >= 0.6 is 23.2 Å². The van der Waals surface area contributed by atoms with Crippen molar-refractivity contribution in [2.75, 3.05) is 0 Å². The first-order valence-electron chi connectivity index (χ1n) is 5.55. The van der Waals surface area contributed by atoms with Gasteiger partial charge in [-0.3, -0.25) is 4.79 Å². The molecule has 0 spiro atoms. The first kappa shape index (κ1) is 13.1. The fraction of sp³-hybridized carbons (Fsp3) is 0.133. The molecular weight excluding hydrogens is 267 g/mol. The second-order valence-electron chi connectivity index (χ2n) is 4.24. The van der Waals surface area contributed by atoms with Crippen molar-refractivity contribution < 1.29 is 4.79 Å². The molecule has 0 aliphatic rings. The van der Waals surface area contributed by atoms with Crippen LogP contribution in [-0.2, 0) is 0 Å². The molecule has 0 fully saturated rings. The van der Waals surface area contributed by atoms with Gasteiger partial charge in [-0.05, 0) is 36.6 Å². The van der Waals surface area contributed by atoms with Crippen LogP contribution in [0.5, 0.6) is 0 Å². The molecule has 0 heterocycles. The summed E-state index contributed by atoms with van der Waals surface area (Å²) in [6, 6.07) is 9.62. The topological polar surface area (TPSA) is 17.1 Å². The number of benzene rings is 2. The second-order valence-corrected chi connectivity index (χ2v) is 5.02. The van der Waals surface area contributed by atoms with Gasteiger partial charge in [-0.2, -0.15) is 0 Å². The van der Waals surface area contributed by atoms with Crippen molar-refractivity contribution >= 4 is 29.5 Å². The van der Waals surface area contributed by atoms with Crippen molar-refractivity contribution in [2.24, 2.45) is 0 Å². The summed E-state index contributed by atoms with van der Waals surface area (Å²) in [7, 11) is 0. The zero-order chi connectivity index (χ0) is 13.3. The normalized spacial score (nSPS) is 10.4. The van der Waals surface area contributed by atoms with Crippen LogP contribution in [0.4, 0.5) is 0 Å². The maximum atomic E-state index is 11.0. The Labute approximate surface area is 116 Å². The molecule has 0 radical (unpaired) electrons. The lowest BCUT2D eigenvalue weighted by Gasteiger charge is -2.10. The number of aryl methyl sites for hydroxylation is 2. The van der Waals surface area contributed by atoms with Gasteiger partial charge >= 0.3 is 0 Å². The summed E-state index contributed by atoms with van der Waals surface area (Å²) in [5, 5.41) is 0.781. The van der Waals surface area contributed by atoms with E-state index in [1.165, 1.54) is 11.1 Å². The number of hydrogen-bond donors (Lipinski definition) is 0. The quantitative estimate of drug-likeness (QED) is 0.700. The third-order valence-electron chi connectivity index (χ3n) is 3.06. The van der Waals surface area contributed by atoms with E-state index >= 15 is 0 Å². The molecule has 0 aliphatic carbocycles. The molecule has 2 rings (SSSR count). The van der Waals surface area contributed by atoms with E-state index in [0.29, 0.717) is 21.9 Å². The summed E-state index contributed by atoms with van der Waals surface area (Å²) in [6.07, 6.45) is 0.690. The van der Waals surface area contributed by atoms with E-state index in [1.807, 2.05) is 25.1 Å². The van der Waals surface area contributed by atoms with Gasteiger partial charge in [0, 0.05) is 5.56 Å². The van der Waals surface area contributed by atoms with Crippen molar-refractivity contribution in [3.05, 3.63) is 57.1 Å². The highest BCUT2D eigenvalue weighted by atomic mass is 35.5. The van der Waals surface area contributed by atoms with Gasteiger partial charge in [-0.1, -0.05) is 47.5 Å². The van der Waals surface area contributed by atoms with Gasteiger partial charge in [0.1, 0.15) is 0 Å². The number of aldehydes is 1. The first-order valence-corrected chi connectivity index (χ1v) is 6.31. The average Bonchev–Trinajstić information content (AvgIpc) is 2.34. The van der Waals surface area contributed by atoms with Crippen LogP contribution in [0.3, 0.4) is 0 Å². The number of rotatable bonds is 2. The van der Waals surface area contributed by atoms with Gasteiger partial charge < -0.3 is 0 Å². The number of carbonyl (C=O) groups is 1. The lowest BCUT2D eigenvalue weighted by molar-refractivity contribution is 0.112. The molecule has 2 aromatic carbocycles. The molecule has 0 bridgehead atoms. The highest BCUT2D eigenvalue weighted by molar-refractivity contribution is 6.40. The Morgan fingerprint density at radius 3 is 2.33 bits per heavy atom. The molecule has 92 valence electrons. The lowest BCUT2D eigenvalue weighted by atomic mass is 9.99. The Balaban J connectivity index is 2.64. The van der Waals surface area contributed by atoms with Crippen LogP contribution in [0.1, 0.15) is 21.5 Å². The summed E-state index contributed by atoms with van der Waals surface area (Å²) in [5.41, 5.74) is 4.56. The van der Waals surface area contributed by atoms with Gasteiger partial charge in [-0.15, -0.1) is 0 Å². The van der Waals surface area contributed by atoms with Crippen LogP contribution < -0.4 is 0 Å². The van der Waals surface area contributed by atoms with Crippen molar-refractivity contribution in [3.63, 3.8) is 0 Å². The molecule has 0 saturated carbocycles. The summed E-state index contributed by atoms with van der Waals surface area (Å²) in [4.78, 5) is 11.0. The minimum atomic E-state index is 0.342. The van der Waals surface area contributed by atoms with Crippen LogP contribution in [-0.4, -0.2) is 6.29 Å². The van der Waals surface area contributed by atoms with Crippen LogP contribution in [0.25, 0.3) is 11.1 Å². The molecule has 1 nitrogen and oxygen atoms in total. The summed E-state index contributed by atoms with van der Waals surface area (Å²) in [6.45, 7) is 4.10. The molecule has 0 atom stereocenters. The highest BCUT2D eigenvalue weighted by Gasteiger charge is 2.11. The Morgan fingerprint density at radius 2 is 1.72 bits per heavy atom. The largest absolute Gasteiger partial charge is 0.298 e. The minimum Gasteiger partial charge on any atom is -0.298 e. The van der Waals surface area contributed by atoms with Gasteiger partial charge in [0.15, 0.2) is 6.29 Å². The summed E-state index contributed by atoms with van der Waals surface area (Å²) < 4.78 is 0. The molecule has 0 saturated heterocycles. The third kappa shape index (κ3) is 2.29. The van der Waals surface area contributed by atoms with E-state index < -0.39 is 0 Å². The van der Waals surface area contributed by atoms with Crippen molar-refractivity contribution in [2.45, 2.75) is 13.8 Å². The SMILES string of the molecule is Cc1ccc(-c2ccc(Cl)c(C=O)c2Cl)cc1C. The van der Waals surface area contributed by atoms with Crippen molar-refractivity contribution in [3.8, 4) is 11.1 Å². The first-order chi connectivity index (χ1) is 8.54. The van der Waals surface area contributed by atoms with Crippen molar-refractivity contribution in [1.82, 2.24) is 0 Å². The van der Waals surface area contributed by atoms with Gasteiger partial charge in [-0.25, -0.2) is 0 Å². The average molecular weight is 279 g/mol. The maximum Gasteiger partial charge on any atom is 0.153 e. The monoisotopic (exact) mass is 278 g/mol. The molecule has 2 aromatic rings. The zero-order valence-electron chi connectivity index (χ0n) is 10.1. The maximum absolute atomic E-state index is 11.0. The molecule has 0 N–H and O–H groups in total. The molecular formula is C15H12Cl2O. The highest BCUT2D eigenvalue weighted by Crippen LogP contribution is 2.34. The fourth-order valence-corrected chi connectivity index (χ4v) is 2.38. The van der Waals surface area contributed by atoms with Crippen LogP contribution in [0, 0.1) is 13.8 Å². The molecule has 0 aromatic heterocycles. The predicted molar refractivity (Wildman–Crippen MR) is 76.8 cm³/mol. The van der Waals surface area contributed by atoms with Gasteiger partial charge in [0.25, 0.3) is 0 Å². The lowest BCUT2D eigenvalue weighted by Crippen LogP contribution is -1.90. The Kier molecular flexibility index (Phi) is 3.74. The Bertz CT molecular complexity index is 618. The minimum absolute atomic E-state index is 0.342. The van der Waals surface area contributed by atoms with Gasteiger partial charge in [0.2, 0.25) is 0 Å². The molecule has 0 unspecified atom stereocenters. The van der Waals surface area contributed by atoms with E-state index in [2.05, 4.69) is 13.0 Å². The third-order valence-corrected chi connectivity index (χ3v) is 3.80.